The van der Waals surface area contributed by atoms with E-state index in [1.54, 1.807) is 31.2 Å². The van der Waals surface area contributed by atoms with Crippen LogP contribution in [0.5, 0.6) is 0 Å². The first-order valence-electron chi connectivity index (χ1n) is 9.19. The average molecular weight is 429 g/mol. The predicted molar refractivity (Wildman–Crippen MR) is 104 cm³/mol. The van der Waals surface area contributed by atoms with Crippen LogP contribution in [0, 0.1) is 0 Å². The zero-order valence-corrected chi connectivity index (χ0v) is 16.4. The average Bonchev–Trinajstić information content (AvgIpc) is 3.44. The van der Waals surface area contributed by atoms with Crippen molar-refractivity contribution < 1.29 is 33.4 Å². The molecule has 2 aromatic heterocycles. The summed E-state index contributed by atoms with van der Waals surface area (Å²) in [6.45, 7) is 2.18. The molecule has 0 fully saturated rings. The van der Waals surface area contributed by atoms with Crippen molar-refractivity contribution in [2.75, 3.05) is 18.5 Å². The molecule has 1 aromatic carbocycles. The van der Waals surface area contributed by atoms with Gasteiger partial charge in [0.05, 0.1) is 6.61 Å². The minimum Gasteiger partial charge on any atom is -0.450 e. The number of ether oxygens (including phenoxy) is 1. The van der Waals surface area contributed by atoms with E-state index in [0.29, 0.717) is 22.8 Å². The van der Waals surface area contributed by atoms with Crippen molar-refractivity contribution in [3.05, 3.63) is 53.5 Å². The molecule has 3 rings (SSSR count). The van der Waals surface area contributed by atoms with Crippen molar-refractivity contribution in [3.8, 4) is 11.3 Å². The zero-order valence-electron chi connectivity index (χ0n) is 16.4. The Hall–Kier alpha value is -4.19. The molecule has 0 aliphatic carbocycles. The van der Waals surface area contributed by atoms with Crippen LogP contribution in [0.2, 0.25) is 0 Å². The summed E-state index contributed by atoms with van der Waals surface area (Å²) in [6, 6.07) is 9.57. The van der Waals surface area contributed by atoms with Crippen LogP contribution in [0.15, 0.2) is 45.4 Å². The topological polar surface area (TPSA) is 169 Å². The Balaban J connectivity index is 1.52. The van der Waals surface area contributed by atoms with Crippen LogP contribution in [0.25, 0.3) is 11.3 Å². The van der Waals surface area contributed by atoms with Gasteiger partial charge in [0.1, 0.15) is 5.76 Å². The molecule has 12 nitrogen and oxygen atoms in total. The van der Waals surface area contributed by atoms with Crippen LogP contribution in [0.1, 0.15) is 33.7 Å². The van der Waals surface area contributed by atoms with Gasteiger partial charge < -0.3 is 19.1 Å². The van der Waals surface area contributed by atoms with E-state index in [4.69, 9.17) is 19.0 Å². The first kappa shape index (κ1) is 21.5. The van der Waals surface area contributed by atoms with Gasteiger partial charge in [0.2, 0.25) is 0 Å². The largest absolute Gasteiger partial charge is 0.450 e. The van der Waals surface area contributed by atoms with Crippen LogP contribution in [-0.2, 0) is 11.2 Å². The molecule has 0 atom stereocenters. The molecule has 0 radical (unpaired) electrons. The number of rotatable bonds is 8. The molecule has 12 heteroatoms. The number of carbonyl (C=O) groups is 3. The molecular formula is C19H19N5O7. The van der Waals surface area contributed by atoms with Gasteiger partial charge in [-0.2, -0.15) is 0 Å². The molecule has 2 heterocycles. The van der Waals surface area contributed by atoms with Gasteiger partial charge in [0, 0.05) is 36.3 Å². The van der Waals surface area contributed by atoms with Crippen LogP contribution in [0.4, 0.5) is 10.5 Å². The molecule has 3 aromatic rings. The van der Waals surface area contributed by atoms with Crippen molar-refractivity contribution in [1.29, 1.82) is 0 Å². The maximum Gasteiger partial charge on any atom is 0.411 e. The van der Waals surface area contributed by atoms with Gasteiger partial charge in [-0.25, -0.2) is 10.3 Å². The molecule has 3 amide bonds. The predicted octanol–water partition coefficient (Wildman–Crippen LogP) is 1.99. The van der Waals surface area contributed by atoms with E-state index in [-0.39, 0.29) is 31.0 Å². The van der Waals surface area contributed by atoms with Gasteiger partial charge >= 0.3 is 6.09 Å². The quantitative estimate of drug-likeness (QED) is 0.309. The Morgan fingerprint density at radius 1 is 1.03 bits per heavy atom. The fourth-order valence-electron chi connectivity index (χ4n) is 2.51. The van der Waals surface area contributed by atoms with Crippen molar-refractivity contribution in [3.63, 3.8) is 0 Å². The highest BCUT2D eigenvalue weighted by Gasteiger charge is 2.15. The molecule has 0 aliphatic rings. The second-order valence-electron chi connectivity index (χ2n) is 6.12. The Morgan fingerprint density at radius 3 is 2.45 bits per heavy atom. The lowest BCUT2D eigenvalue weighted by Gasteiger charge is -2.05. The number of carbonyl (C=O) groups excluding carboxylic acids is 3. The lowest BCUT2D eigenvalue weighted by molar-refractivity contribution is 0.0696. The minimum atomic E-state index is -0.793. The highest BCUT2D eigenvalue weighted by molar-refractivity contribution is 5.93. The number of anilines is 1. The summed E-state index contributed by atoms with van der Waals surface area (Å²) < 4.78 is 15.0. The van der Waals surface area contributed by atoms with Gasteiger partial charge in [-0.3, -0.25) is 20.1 Å². The van der Waals surface area contributed by atoms with E-state index >= 15 is 0 Å². The Kier molecular flexibility index (Phi) is 6.96. The van der Waals surface area contributed by atoms with Crippen LogP contribution < -0.4 is 16.1 Å². The van der Waals surface area contributed by atoms with Crippen molar-refractivity contribution >= 4 is 23.6 Å². The number of hydroxylamine groups is 1. The second-order valence-corrected chi connectivity index (χ2v) is 6.12. The summed E-state index contributed by atoms with van der Waals surface area (Å²) in [4.78, 5) is 34.9. The van der Waals surface area contributed by atoms with Crippen molar-refractivity contribution in [2.45, 2.75) is 13.3 Å². The summed E-state index contributed by atoms with van der Waals surface area (Å²) in [5.41, 5.74) is 2.67. The van der Waals surface area contributed by atoms with E-state index < -0.39 is 17.9 Å². The number of nitrogens with zero attached hydrogens (tertiary/aromatic N) is 2. The summed E-state index contributed by atoms with van der Waals surface area (Å²) in [5, 5.41) is 21.0. The summed E-state index contributed by atoms with van der Waals surface area (Å²) in [6.07, 6.45) is -0.274. The Morgan fingerprint density at radius 2 is 1.74 bits per heavy atom. The molecule has 31 heavy (non-hydrogen) atoms. The highest BCUT2D eigenvalue weighted by atomic mass is 16.5. The molecule has 0 aliphatic heterocycles. The number of hydrogen-bond donors (Lipinski definition) is 4. The van der Waals surface area contributed by atoms with E-state index in [9.17, 15) is 14.4 Å². The molecule has 162 valence electrons. The van der Waals surface area contributed by atoms with Gasteiger partial charge in [0.25, 0.3) is 11.8 Å². The maximum absolute atomic E-state index is 12.2. The molecule has 0 bridgehead atoms. The third-order valence-corrected chi connectivity index (χ3v) is 3.98. The molecule has 0 saturated carbocycles. The molecular weight excluding hydrogens is 410 g/mol. The number of nitrogens with one attached hydrogen (secondary N) is 3. The van der Waals surface area contributed by atoms with Crippen LogP contribution in [0.3, 0.4) is 0 Å². The summed E-state index contributed by atoms with van der Waals surface area (Å²) in [7, 11) is 0. The van der Waals surface area contributed by atoms with E-state index in [1.165, 1.54) is 17.6 Å². The summed E-state index contributed by atoms with van der Waals surface area (Å²) in [5.74, 6) is -0.513. The monoisotopic (exact) mass is 429 g/mol. The number of benzene rings is 1. The van der Waals surface area contributed by atoms with Gasteiger partial charge in [-0.05, 0) is 31.2 Å². The highest BCUT2D eigenvalue weighted by Crippen LogP contribution is 2.22. The fraction of sp³-hybridized carbons (Fsp3) is 0.211. The Labute approximate surface area is 175 Å². The summed E-state index contributed by atoms with van der Waals surface area (Å²) >= 11 is 0. The third kappa shape index (κ3) is 5.67. The van der Waals surface area contributed by atoms with E-state index in [1.807, 2.05) is 0 Å². The zero-order chi connectivity index (χ0) is 22.2. The third-order valence-electron chi connectivity index (χ3n) is 3.98. The fourth-order valence-corrected chi connectivity index (χ4v) is 2.51. The first-order chi connectivity index (χ1) is 15.0. The van der Waals surface area contributed by atoms with Gasteiger partial charge in [0.15, 0.2) is 17.1 Å². The van der Waals surface area contributed by atoms with Crippen LogP contribution in [-0.4, -0.2) is 46.6 Å². The van der Waals surface area contributed by atoms with Crippen molar-refractivity contribution in [1.82, 2.24) is 21.1 Å². The standard InChI is InChI=1S/C19H19N5O7/c1-2-29-19(27)21-12-5-3-11(4-6-12)16-10-15(24-31-16)17(25)20-8-7-13-9-14(23-30-13)18(26)22-28/h3-6,9-10,28H,2,7-8H2,1H3,(H,20,25)(H,21,27)(H,22,26). The van der Waals surface area contributed by atoms with E-state index in [0.717, 1.165) is 0 Å². The molecule has 0 saturated heterocycles. The SMILES string of the molecule is CCOC(=O)Nc1ccc(-c2cc(C(=O)NCCc3cc(C(=O)NO)no3)no2)cc1. The normalized spacial score (nSPS) is 10.4. The van der Waals surface area contributed by atoms with Crippen LogP contribution >= 0.6 is 0 Å². The molecule has 4 N–H and O–H groups in total. The lowest BCUT2D eigenvalue weighted by atomic mass is 10.1. The first-order valence-corrected chi connectivity index (χ1v) is 9.19. The second kappa shape index (κ2) is 10.0. The van der Waals surface area contributed by atoms with Gasteiger partial charge in [-0.1, -0.05) is 10.3 Å². The minimum absolute atomic E-state index is 0.0755. The maximum atomic E-state index is 12.2. The van der Waals surface area contributed by atoms with Gasteiger partial charge in [-0.15, -0.1) is 0 Å². The smallest absolute Gasteiger partial charge is 0.411 e. The molecule has 0 spiro atoms. The lowest BCUT2D eigenvalue weighted by Crippen LogP contribution is -2.25. The van der Waals surface area contributed by atoms with E-state index in [2.05, 4.69) is 20.9 Å². The molecule has 0 unspecified atom stereocenters. The van der Waals surface area contributed by atoms with Crippen molar-refractivity contribution in [2.24, 2.45) is 0 Å². The Bertz CT molecular complexity index is 1060. The number of hydrogen-bond acceptors (Lipinski definition) is 9. The number of amides is 3. The number of aromatic nitrogens is 2.